The van der Waals surface area contributed by atoms with E-state index in [0.29, 0.717) is 18.4 Å². The molecule has 4 rings (SSSR count). The number of rotatable bonds is 6. The first-order valence-electron chi connectivity index (χ1n) is 11.5. The van der Waals surface area contributed by atoms with E-state index in [1.807, 2.05) is 45.0 Å². The Morgan fingerprint density at radius 2 is 1.71 bits per heavy atom. The monoisotopic (exact) mass is 482 g/mol. The molecule has 2 heterocycles. The van der Waals surface area contributed by atoms with Crippen LogP contribution in [0.3, 0.4) is 0 Å². The number of hydrogen-bond acceptors (Lipinski definition) is 5. The molecule has 7 nitrogen and oxygen atoms in total. The summed E-state index contributed by atoms with van der Waals surface area (Å²) in [6.07, 6.45) is -0.214. The van der Waals surface area contributed by atoms with Crippen LogP contribution in [0.1, 0.15) is 46.9 Å². The zero-order valence-electron chi connectivity index (χ0n) is 19.9. The van der Waals surface area contributed by atoms with Crippen molar-refractivity contribution < 1.29 is 22.7 Å². The summed E-state index contributed by atoms with van der Waals surface area (Å²) in [5, 5.41) is 0.803. The minimum atomic E-state index is -3.62. The molecule has 1 saturated heterocycles. The van der Waals surface area contributed by atoms with Crippen LogP contribution in [0.15, 0.2) is 47.4 Å². The second-order valence-corrected chi connectivity index (χ2v) is 11.0. The Bertz CT molecular complexity index is 1350. The number of carbonyl (C=O) groups is 2. The minimum absolute atomic E-state index is 0.235. The lowest BCUT2D eigenvalue weighted by molar-refractivity contribution is -0.152. The van der Waals surface area contributed by atoms with Gasteiger partial charge in [0, 0.05) is 35.2 Å². The lowest BCUT2D eigenvalue weighted by atomic mass is 9.98. The molecule has 8 heteroatoms. The molecule has 1 aliphatic rings. The van der Waals surface area contributed by atoms with Crippen molar-refractivity contribution in [1.29, 1.82) is 0 Å². The quantitative estimate of drug-likeness (QED) is 0.417. The first-order valence-corrected chi connectivity index (χ1v) is 12.9. The van der Waals surface area contributed by atoms with E-state index in [2.05, 4.69) is 4.98 Å². The number of ketones is 1. The molecule has 0 amide bonds. The zero-order valence-corrected chi connectivity index (χ0v) is 20.7. The maximum atomic E-state index is 13.1. The topological polar surface area (TPSA) is 96.5 Å². The Balaban J connectivity index is 1.39. The summed E-state index contributed by atoms with van der Waals surface area (Å²) in [5.74, 6) is -1.15. The van der Waals surface area contributed by atoms with Crippen molar-refractivity contribution in [1.82, 2.24) is 9.29 Å². The number of nitrogens with zero attached hydrogens (tertiary/aromatic N) is 1. The highest BCUT2D eigenvalue weighted by molar-refractivity contribution is 7.89. The number of aromatic nitrogens is 1. The summed E-state index contributed by atoms with van der Waals surface area (Å²) in [6, 6.07) is 12.6. The van der Waals surface area contributed by atoms with Gasteiger partial charge in [-0.15, -0.1) is 0 Å². The Kier molecular flexibility index (Phi) is 6.64. The fourth-order valence-corrected chi connectivity index (χ4v) is 6.03. The van der Waals surface area contributed by atoms with Gasteiger partial charge >= 0.3 is 5.97 Å². The van der Waals surface area contributed by atoms with Crippen LogP contribution in [-0.2, 0) is 19.6 Å². The van der Waals surface area contributed by atoms with Crippen molar-refractivity contribution in [2.24, 2.45) is 5.92 Å². The number of ether oxygens (including phenoxy) is 1. The number of H-pyrrole nitrogens is 1. The molecule has 1 aromatic heterocycles. The number of piperidine rings is 1. The average molecular weight is 483 g/mol. The normalized spacial score (nSPS) is 16.5. The number of nitrogens with one attached hydrogen (secondary N) is 1. The summed E-state index contributed by atoms with van der Waals surface area (Å²) in [4.78, 5) is 29.3. The second-order valence-electron chi connectivity index (χ2n) is 9.04. The van der Waals surface area contributed by atoms with Gasteiger partial charge in [-0.05, 0) is 69.9 Å². The van der Waals surface area contributed by atoms with Crippen molar-refractivity contribution >= 4 is 32.7 Å². The molecule has 180 valence electrons. The summed E-state index contributed by atoms with van der Waals surface area (Å²) in [5.41, 5.74) is 4.08. The van der Waals surface area contributed by atoms with Gasteiger partial charge in [0.1, 0.15) is 0 Å². The number of para-hydroxylation sites is 1. The van der Waals surface area contributed by atoms with Gasteiger partial charge < -0.3 is 9.72 Å². The fourth-order valence-electron chi connectivity index (χ4n) is 4.48. The molecule has 1 atom stereocenters. The Labute approximate surface area is 200 Å². The van der Waals surface area contributed by atoms with Crippen LogP contribution in [0.2, 0.25) is 0 Å². The van der Waals surface area contributed by atoms with Crippen LogP contribution in [0, 0.1) is 26.7 Å². The predicted molar refractivity (Wildman–Crippen MR) is 130 cm³/mol. The number of fused-ring (bicyclic) bond motifs is 1. The van der Waals surface area contributed by atoms with E-state index in [1.165, 1.54) is 4.31 Å². The van der Waals surface area contributed by atoms with Gasteiger partial charge in [0.15, 0.2) is 6.10 Å². The highest BCUT2D eigenvalue weighted by Gasteiger charge is 2.34. The zero-order chi connectivity index (χ0) is 24.6. The lowest BCUT2D eigenvalue weighted by Crippen LogP contribution is -2.41. The molecule has 1 N–H and O–H groups in total. The summed E-state index contributed by atoms with van der Waals surface area (Å²) >= 11 is 0. The minimum Gasteiger partial charge on any atom is -0.454 e. The molecule has 0 aliphatic carbocycles. The molecule has 0 spiro atoms. The second kappa shape index (κ2) is 9.35. The van der Waals surface area contributed by atoms with Crippen LogP contribution in [-0.4, -0.2) is 48.7 Å². The van der Waals surface area contributed by atoms with Crippen molar-refractivity contribution in [3.05, 3.63) is 64.8 Å². The number of Topliss-reactive ketones (excluding diaryl/α,β-unsaturated/α-hetero) is 1. The Morgan fingerprint density at radius 1 is 1.03 bits per heavy atom. The van der Waals surface area contributed by atoms with Gasteiger partial charge in [-0.25, -0.2) is 8.42 Å². The number of carbonyl (C=O) groups excluding carboxylic acids is 2. The van der Waals surface area contributed by atoms with E-state index in [1.54, 1.807) is 25.1 Å². The Hall–Kier alpha value is -2.97. The molecule has 0 radical (unpaired) electrons. The number of hydrogen-bond donors (Lipinski definition) is 1. The molecular formula is C26H30N2O5S. The van der Waals surface area contributed by atoms with Crippen LogP contribution >= 0.6 is 0 Å². The molecular weight excluding hydrogens is 452 g/mol. The van der Waals surface area contributed by atoms with Gasteiger partial charge in [0.2, 0.25) is 15.8 Å². The van der Waals surface area contributed by atoms with Crippen molar-refractivity contribution in [3.8, 4) is 0 Å². The van der Waals surface area contributed by atoms with Crippen molar-refractivity contribution in [2.45, 2.75) is 51.5 Å². The standard InChI is InChI=1S/C26H30N2O5S/c1-16-9-10-21(15-17(16)2)34(31,32)28-13-11-20(12-14-28)26(30)33-19(4)25(29)24-18(3)27-23-8-6-5-7-22(23)24/h5-10,15,19-20,27H,11-14H2,1-4H3/t19-/m1/s1. The highest BCUT2D eigenvalue weighted by Crippen LogP contribution is 2.27. The van der Waals surface area contributed by atoms with Gasteiger partial charge in [0.25, 0.3) is 0 Å². The number of aromatic amines is 1. The van der Waals surface area contributed by atoms with Crippen molar-refractivity contribution in [3.63, 3.8) is 0 Å². The summed E-state index contributed by atoms with van der Waals surface area (Å²) < 4.78 is 33.0. The molecule has 1 fully saturated rings. The molecule has 0 unspecified atom stereocenters. The van der Waals surface area contributed by atoms with Gasteiger partial charge in [-0.1, -0.05) is 24.3 Å². The number of aryl methyl sites for hydroxylation is 3. The Morgan fingerprint density at radius 3 is 2.38 bits per heavy atom. The van der Waals surface area contributed by atoms with Gasteiger partial charge in [-0.3, -0.25) is 9.59 Å². The van der Waals surface area contributed by atoms with Gasteiger partial charge in [-0.2, -0.15) is 4.31 Å². The summed E-state index contributed by atoms with van der Waals surface area (Å²) in [6.45, 7) is 7.71. The smallest absolute Gasteiger partial charge is 0.309 e. The number of esters is 1. The molecule has 1 aliphatic heterocycles. The third kappa shape index (κ3) is 4.52. The predicted octanol–water partition coefficient (Wildman–Crippen LogP) is 4.31. The molecule has 0 saturated carbocycles. The largest absolute Gasteiger partial charge is 0.454 e. The van der Waals surface area contributed by atoms with Crippen LogP contribution in [0.5, 0.6) is 0 Å². The third-order valence-electron chi connectivity index (χ3n) is 6.71. The molecule has 3 aromatic rings. The lowest BCUT2D eigenvalue weighted by Gasteiger charge is -2.30. The maximum Gasteiger partial charge on any atom is 0.309 e. The van der Waals surface area contributed by atoms with E-state index in [0.717, 1.165) is 27.7 Å². The van der Waals surface area contributed by atoms with Crippen LogP contribution in [0.4, 0.5) is 0 Å². The molecule has 0 bridgehead atoms. The number of benzene rings is 2. The summed E-state index contributed by atoms with van der Waals surface area (Å²) in [7, 11) is -3.62. The van der Waals surface area contributed by atoms with Crippen LogP contribution < -0.4 is 0 Å². The third-order valence-corrected chi connectivity index (χ3v) is 8.60. The SMILES string of the molecule is Cc1ccc(S(=O)(=O)N2CCC(C(=O)O[C@H](C)C(=O)c3c(C)[nH]c4ccccc34)CC2)cc1C. The van der Waals surface area contributed by atoms with E-state index >= 15 is 0 Å². The van der Waals surface area contributed by atoms with Crippen LogP contribution in [0.25, 0.3) is 10.9 Å². The van der Waals surface area contributed by atoms with E-state index in [9.17, 15) is 18.0 Å². The maximum absolute atomic E-state index is 13.1. The first kappa shape index (κ1) is 24.2. The van der Waals surface area contributed by atoms with E-state index < -0.39 is 28.0 Å². The average Bonchev–Trinajstić information content (AvgIpc) is 3.15. The highest BCUT2D eigenvalue weighted by atomic mass is 32.2. The first-order chi connectivity index (χ1) is 16.1. The van der Waals surface area contributed by atoms with Gasteiger partial charge in [0.05, 0.1) is 10.8 Å². The van der Waals surface area contributed by atoms with Crippen molar-refractivity contribution in [2.75, 3.05) is 13.1 Å². The van der Waals surface area contributed by atoms with E-state index in [4.69, 9.17) is 4.74 Å². The fraction of sp³-hybridized carbons (Fsp3) is 0.385. The molecule has 2 aromatic carbocycles. The number of sulfonamides is 1. The molecule has 34 heavy (non-hydrogen) atoms. The van der Waals surface area contributed by atoms with E-state index in [-0.39, 0.29) is 23.8 Å².